The van der Waals surface area contributed by atoms with Crippen molar-refractivity contribution in [2.45, 2.75) is 13.0 Å². The normalized spacial score (nSPS) is 13.5. The van der Waals surface area contributed by atoms with Gasteiger partial charge in [0.15, 0.2) is 11.5 Å². The van der Waals surface area contributed by atoms with E-state index < -0.39 is 0 Å². The van der Waals surface area contributed by atoms with Crippen LogP contribution in [0.2, 0.25) is 5.02 Å². The Kier molecular flexibility index (Phi) is 6.79. The number of rotatable bonds is 8. The molecule has 2 rings (SSSR count). The first-order chi connectivity index (χ1) is 9.81. The van der Waals surface area contributed by atoms with Gasteiger partial charge in [-0.25, -0.2) is 0 Å². The van der Waals surface area contributed by atoms with Crippen LogP contribution >= 0.6 is 23.4 Å². The van der Waals surface area contributed by atoms with E-state index in [4.69, 9.17) is 26.2 Å². The largest absolute Gasteiger partial charge is 0.486 e. The van der Waals surface area contributed by atoms with Crippen LogP contribution in [0.3, 0.4) is 0 Å². The first-order valence-electron chi connectivity index (χ1n) is 6.78. The first kappa shape index (κ1) is 15.8. The van der Waals surface area contributed by atoms with E-state index in [0.717, 1.165) is 42.3 Å². The molecule has 0 unspecified atom stereocenters. The summed E-state index contributed by atoms with van der Waals surface area (Å²) in [6.07, 6.45) is 0.864. The Bertz CT molecular complexity index is 431. The highest BCUT2D eigenvalue weighted by atomic mass is 35.5. The second-order valence-electron chi connectivity index (χ2n) is 4.47. The molecule has 0 bridgehead atoms. The molecule has 1 aromatic carbocycles. The van der Waals surface area contributed by atoms with E-state index in [1.165, 1.54) is 0 Å². The summed E-state index contributed by atoms with van der Waals surface area (Å²) in [5.74, 6) is 3.44. The lowest BCUT2D eigenvalue weighted by Gasteiger charge is -2.20. The van der Waals surface area contributed by atoms with Crippen molar-refractivity contribution in [3.8, 4) is 11.5 Å². The van der Waals surface area contributed by atoms with Crippen LogP contribution < -0.4 is 14.8 Å². The lowest BCUT2D eigenvalue weighted by atomic mass is 10.2. The highest BCUT2D eigenvalue weighted by Crippen LogP contribution is 2.38. The van der Waals surface area contributed by atoms with Gasteiger partial charge in [0, 0.05) is 25.4 Å². The zero-order valence-corrected chi connectivity index (χ0v) is 12.9. The lowest BCUT2D eigenvalue weighted by Crippen LogP contribution is -2.18. The van der Waals surface area contributed by atoms with Gasteiger partial charge in [0.25, 0.3) is 0 Å². The minimum atomic E-state index is 0.274. The summed E-state index contributed by atoms with van der Waals surface area (Å²) in [5.41, 5.74) is 1.10. The van der Waals surface area contributed by atoms with Crippen molar-refractivity contribution in [1.29, 1.82) is 0 Å². The number of aliphatic hydroxyl groups excluding tert-OH is 1. The van der Waals surface area contributed by atoms with Crippen molar-refractivity contribution in [1.82, 2.24) is 5.32 Å². The average molecular weight is 318 g/mol. The van der Waals surface area contributed by atoms with Crippen LogP contribution in [0, 0.1) is 0 Å². The van der Waals surface area contributed by atoms with E-state index in [9.17, 15) is 0 Å². The number of ether oxygens (including phenoxy) is 2. The Morgan fingerprint density at radius 3 is 2.95 bits per heavy atom. The average Bonchev–Trinajstić information content (AvgIpc) is 2.46. The summed E-state index contributed by atoms with van der Waals surface area (Å²) in [6.45, 7) is 3.09. The van der Waals surface area contributed by atoms with Crippen LogP contribution in [0.1, 0.15) is 12.0 Å². The van der Waals surface area contributed by atoms with Crippen LogP contribution in [-0.4, -0.2) is 43.0 Å². The number of thioether (sulfide) groups is 1. The minimum absolute atomic E-state index is 0.274. The molecule has 0 atom stereocenters. The summed E-state index contributed by atoms with van der Waals surface area (Å²) < 4.78 is 11.0. The second kappa shape index (κ2) is 8.62. The van der Waals surface area contributed by atoms with Crippen molar-refractivity contribution >= 4 is 23.4 Å². The van der Waals surface area contributed by atoms with Gasteiger partial charge < -0.3 is 19.9 Å². The molecule has 0 radical (unpaired) electrons. The SMILES string of the molecule is OCCCSCCNCc1cc(Cl)c2c(c1)OCCO2. The fraction of sp³-hybridized carbons (Fsp3) is 0.571. The van der Waals surface area contributed by atoms with E-state index >= 15 is 0 Å². The molecule has 0 spiro atoms. The molecule has 0 aliphatic carbocycles. The first-order valence-corrected chi connectivity index (χ1v) is 8.32. The molecule has 6 heteroatoms. The topological polar surface area (TPSA) is 50.7 Å². The zero-order chi connectivity index (χ0) is 14.2. The molecular formula is C14H20ClNO3S. The van der Waals surface area contributed by atoms with E-state index in [-0.39, 0.29) is 6.61 Å². The maximum absolute atomic E-state index is 8.68. The zero-order valence-electron chi connectivity index (χ0n) is 11.4. The Morgan fingerprint density at radius 2 is 2.10 bits per heavy atom. The maximum atomic E-state index is 8.68. The van der Waals surface area contributed by atoms with E-state index in [2.05, 4.69) is 5.32 Å². The number of hydrogen-bond acceptors (Lipinski definition) is 5. The van der Waals surface area contributed by atoms with Crippen molar-refractivity contribution in [3.63, 3.8) is 0 Å². The molecule has 0 aromatic heterocycles. The second-order valence-corrected chi connectivity index (χ2v) is 6.10. The van der Waals surface area contributed by atoms with Gasteiger partial charge in [-0.05, 0) is 29.9 Å². The number of benzene rings is 1. The summed E-state index contributed by atoms with van der Waals surface area (Å²) >= 11 is 8.03. The third-order valence-electron chi connectivity index (χ3n) is 2.86. The number of halogens is 1. The fourth-order valence-electron chi connectivity index (χ4n) is 1.91. The molecule has 0 fully saturated rings. The predicted molar refractivity (Wildman–Crippen MR) is 83.2 cm³/mol. The smallest absolute Gasteiger partial charge is 0.179 e. The highest BCUT2D eigenvalue weighted by molar-refractivity contribution is 7.99. The molecule has 0 saturated carbocycles. The van der Waals surface area contributed by atoms with Gasteiger partial charge in [-0.15, -0.1) is 0 Å². The number of nitrogens with one attached hydrogen (secondary N) is 1. The van der Waals surface area contributed by atoms with Crippen molar-refractivity contribution in [3.05, 3.63) is 22.7 Å². The Hall–Kier alpha value is -0.620. The van der Waals surface area contributed by atoms with Crippen LogP contribution in [0.5, 0.6) is 11.5 Å². The lowest BCUT2D eigenvalue weighted by molar-refractivity contribution is 0.171. The summed E-state index contributed by atoms with van der Waals surface area (Å²) in [4.78, 5) is 0. The van der Waals surface area contributed by atoms with Gasteiger partial charge in [-0.2, -0.15) is 11.8 Å². The van der Waals surface area contributed by atoms with E-state index in [1.807, 2.05) is 23.9 Å². The van der Waals surface area contributed by atoms with Crippen molar-refractivity contribution in [2.75, 3.05) is 37.9 Å². The minimum Gasteiger partial charge on any atom is -0.486 e. The van der Waals surface area contributed by atoms with Crippen LogP contribution in [-0.2, 0) is 6.54 Å². The maximum Gasteiger partial charge on any atom is 0.179 e. The molecule has 112 valence electrons. The molecule has 2 N–H and O–H groups in total. The van der Waals surface area contributed by atoms with Crippen LogP contribution in [0.4, 0.5) is 0 Å². The van der Waals surface area contributed by atoms with Gasteiger partial charge in [-0.3, -0.25) is 0 Å². The number of hydrogen-bond donors (Lipinski definition) is 2. The monoisotopic (exact) mass is 317 g/mol. The molecular weight excluding hydrogens is 298 g/mol. The Morgan fingerprint density at radius 1 is 1.25 bits per heavy atom. The highest BCUT2D eigenvalue weighted by Gasteiger charge is 2.16. The third-order valence-corrected chi connectivity index (χ3v) is 4.21. The van der Waals surface area contributed by atoms with Crippen LogP contribution in [0.15, 0.2) is 12.1 Å². The van der Waals surface area contributed by atoms with Crippen LogP contribution in [0.25, 0.3) is 0 Å². The molecule has 0 saturated heterocycles. The predicted octanol–water partition coefficient (Wildman–Crippen LogP) is 2.32. The third kappa shape index (κ3) is 4.74. The quantitative estimate of drug-likeness (QED) is 0.721. The number of aliphatic hydroxyl groups is 1. The molecule has 1 aliphatic rings. The van der Waals surface area contributed by atoms with Gasteiger partial charge in [-0.1, -0.05) is 11.6 Å². The fourth-order valence-corrected chi connectivity index (χ4v) is 3.03. The molecule has 1 aromatic rings. The molecule has 4 nitrogen and oxygen atoms in total. The van der Waals surface area contributed by atoms with E-state index in [1.54, 1.807) is 0 Å². The van der Waals surface area contributed by atoms with Crippen molar-refractivity contribution < 1.29 is 14.6 Å². The van der Waals surface area contributed by atoms with Gasteiger partial charge in [0.2, 0.25) is 0 Å². The standard InChI is InChI=1S/C14H20ClNO3S/c15-12-8-11(9-13-14(12)19-5-4-18-13)10-16-2-7-20-6-1-3-17/h8-9,16-17H,1-7,10H2. The molecule has 1 heterocycles. The van der Waals surface area contributed by atoms with E-state index in [0.29, 0.717) is 24.0 Å². The van der Waals surface area contributed by atoms with Crippen molar-refractivity contribution in [2.24, 2.45) is 0 Å². The summed E-state index contributed by atoms with van der Waals surface area (Å²) in [6, 6.07) is 3.90. The van der Waals surface area contributed by atoms with Gasteiger partial charge >= 0.3 is 0 Å². The Labute approximate surface area is 128 Å². The summed E-state index contributed by atoms with van der Waals surface area (Å²) in [5, 5.41) is 12.7. The molecule has 0 amide bonds. The summed E-state index contributed by atoms with van der Waals surface area (Å²) in [7, 11) is 0. The molecule has 1 aliphatic heterocycles. The molecule has 20 heavy (non-hydrogen) atoms. The van der Waals surface area contributed by atoms with Gasteiger partial charge in [0.05, 0.1) is 5.02 Å². The number of fused-ring (bicyclic) bond motifs is 1. The van der Waals surface area contributed by atoms with Gasteiger partial charge in [0.1, 0.15) is 13.2 Å². The Balaban J connectivity index is 1.74.